The SMILES string of the molecule is Cc1[nH]ncc1CCCNC(=O)NCc1ccccc1CO. The van der Waals surface area contributed by atoms with Gasteiger partial charge < -0.3 is 15.7 Å². The van der Waals surface area contributed by atoms with Gasteiger partial charge in [0.1, 0.15) is 0 Å². The number of nitrogens with zero attached hydrogens (tertiary/aromatic N) is 1. The molecule has 0 saturated heterocycles. The molecule has 2 aromatic rings. The first-order valence-electron chi connectivity index (χ1n) is 7.39. The van der Waals surface area contributed by atoms with Crippen LogP contribution >= 0.6 is 0 Å². The second-order valence-corrected chi connectivity index (χ2v) is 5.16. The van der Waals surface area contributed by atoms with Crippen molar-refractivity contribution in [3.05, 3.63) is 52.8 Å². The van der Waals surface area contributed by atoms with Crippen LogP contribution < -0.4 is 10.6 Å². The molecule has 0 unspecified atom stereocenters. The molecule has 22 heavy (non-hydrogen) atoms. The lowest BCUT2D eigenvalue weighted by Crippen LogP contribution is -2.35. The van der Waals surface area contributed by atoms with Crippen molar-refractivity contribution in [2.24, 2.45) is 0 Å². The zero-order valence-electron chi connectivity index (χ0n) is 12.7. The van der Waals surface area contributed by atoms with E-state index in [-0.39, 0.29) is 12.6 Å². The molecule has 1 aromatic carbocycles. The number of aliphatic hydroxyl groups excluding tert-OH is 1. The lowest BCUT2D eigenvalue weighted by molar-refractivity contribution is 0.240. The number of H-pyrrole nitrogens is 1. The number of amides is 2. The largest absolute Gasteiger partial charge is 0.392 e. The Morgan fingerprint density at radius 1 is 1.23 bits per heavy atom. The summed E-state index contributed by atoms with van der Waals surface area (Å²) in [5, 5.41) is 21.7. The fraction of sp³-hybridized carbons (Fsp3) is 0.375. The number of aliphatic hydroxyl groups is 1. The van der Waals surface area contributed by atoms with Crippen LogP contribution in [0.25, 0.3) is 0 Å². The van der Waals surface area contributed by atoms with Crippen molar-refractivity contribution in [3.63, 3.8) is 0 Å². The molecule has 0 radical (unpaired) electrons. The van der Waals surface area contributed by atoms with Crippen LogP contribution in [0.5, 0.6) is 0 Å². The summed E-state index contributed by atoms with van der Waals surface area (Å²) in [6.07, 6.45) is 3.57. The molecule has 0 aliphatic heterocycles. The normalized spacial score (nSPS) is 10.5. The van der Waals surface area contributed by atoms with Gasteiger partial charge in [-0.25, -0.2) is 4.79 Å². The van der Waals surface area contributed by atoms with Crippen molar-refractivity contribution in [3.8, 4) is 0 Å². The van der Waals surface area contributed by atoms with Gasteiger partial charge in [0.2, 0.25) is 0 Å². The second kappa shape index (κ2) is 8.19. The first kappa shape index (κ1) is 16.0. The number of hydrogen-bond acceptors (Lipinski definition) is 3. The molecule has 118 valence electrons. The van der Waals surface area contributed by atoms with Gasteiger partial charge in [-0.05, 0) is 36.5 Å². The van der Waals surface area contributed by atoms with E-state index < -0.39 is 0 Å². The summed E-state index contributed by atoms with van der Waals surface area (Å²) < 4.78 is 0. The van der Waals surface area contributed by atoms with Crippen molar-refractivity contribution >= 4 is 6.03 Å². The molecule has 0 fully saturated rings. The molecule has 4 N–H and O–H groups in total. The zero-order chi connectivity index (χ0) is 15.8. The number of aromatic nitrogens is 2. The van der Waals surface area contributed by atoms with Crippen LogP contribution in [0.15, 0.2) is 30.5 Å². The third kappa shape index (κ3) is 4.60. The Labute approximate surface area is 129 Å². The third-order valence-corrected chi connectivity index (χ3v) is 3.57. The predicted octanol–water partition coefficient (Wildman–Crippen LogP) is 1.64. The molecule has 1 aromatic heterocycles. The van der Waals surface area contributed by atoms with Gasteiger partial charge in [0.05, 0.1) is 12.8 Å². The summed E-state index contributed by atoms with van der Waals surface area (Å²) in [4.78, 5) is 11.7. The predicted molar refractivity (Wildman–Crippen MR) is 84.2 cm³/mol. The van der Waals surface area contributed by atoms with Gasteiger partial charge >= 0.3 is 6.03 Å². The van der Waals surface area contributed by atoms with Crippen molar-refractivity contribution in [1.29, 1.82) is 0 Å². The highest BCUT2D eigenvalue weighted by Crippen LogP contribution is 2.08. The standard InChI is InChI=1S/C16H22N4O2/c1-12-13(10-19-20-12)7-4-8-17-16(22)18-9-14-5-2-3-6-15(14)11-21/h2-3,5-6,10,21H,4,7-9,11H2,1H3,(H,19,20)(H2,17,18,22). The number of rotatable bonds is 7. The summed E-state index contributed by atoms with van der Waals surface area (Å²) >= 11 is 0. The number of carbonyl (C=O) groups is 1. The number of benzene rings is 1. The minimum atomic E-state index is -0.198. The van der Waals surface area contributed by atoms with Crippen molar-refractivity contribution < 1.29 is 9.90 Å². The van der Waals surface area contributed by atoms with Crippen molar-refractivity contribution in [1.82, 2.24) is 20.8 Å². The Balaban J connectivity index is 1.67. The average molecular weight is 302 g/mol. The fourth-order valence-electron chi connectivity index (χ4n) is 2.23. The third-order valence-electron chi connectivity index (χ3n) is 3.57. The number of aryl methyl sites for hydroxylation is 2. The molecule has 6 heteroatoms. The smallest absolute Gasteiger partial charge is 0.315 e. The first-order chi connectivity index (χ1) is 10.7. The lowest BCUT2D eigenvalue weighted by Gasteiger charge is -2.10. The highest BCUT2D eigenvalue weighted by Gasteiger charge is 2.04. The van der Waals surface area contributed by atoms with Crippen LogP contribution in [0.2, 0.25) is 0 Å². The first-order valence-corrected chi connectivity index (χ1v) is 7.39. The van der Waals surface area contributed by atoms with E-state index in [0.717, 1.165) is 29.7 Å². The lowest BCUT2D eigenvalue weighted by atomic mass is 10.1. The Hall–Kier alpha value is -2.34. The van der Waals surface area contributed by atoms with Crippen LogP contribution in [0.3, 0.4) is 0 Å². The minimum absolute atomic E-state index is 0.0243. The quantitative estimate of drug-likeness (QED) is 0.586. The summed E-state index contributed by atoms with van der Waals surface area (Å²) in [5.41, 5.74) is 4.01. The number of aromatic amines is 1. The Bertz CT molecular complexity index is 610. The van der Waals surface area contributed by atoms with Gasteiger partial charge in [-0.15, -0.1) is 0 Å². The van der Waals surface area contributed by atoms with Gasteiger partial charge in [-0.3, -0.25) is 5.10 Å². The molecule has 2 amide bonds. The Morgan fingerprint density at radius 3 is 2.68 bits per heavy atom. The molecule has 2 rings (SSSR count). The average Bonchev–Trinajstić information content (AvgIpc) is 2.95. The maximum Gasteiger partial charge on any atom is 0.315 e. The monoisotopic (exact) mass is 302 g/mol. The van der Waals surface area contributed by atoms with Gasteiger partial charge in [-0.1, -0.05) is 24.3 Å². The van der Waals surface area contributed by atoms with Crippen LogP contribution in [-0.2, 0) is 19.6 Å². The zero-order valence-corrected chi connectivity index (χ0v) is 12.7. The highest BCUT2D eigenvalue weighted by molar-refractivity contribution is 5.73. The second-order valence-electron chi connectivity index (χ2n) is 5.16. The Kier molecular flexibility index (Phi) is 5.97. The van der Waals surface area contributed by atoms with Gasteiger partial charge in [-0.2, -0.15) is 5.10 Å². The summed E-state index contributed by atoms with van der Waals surface area (Å²) in [5.74, 6) is 0. The van der Waals surface area contributed by atoms with E-state index in [1.54, 1.807) is 0 Å². The molecule has 1 heterocycles. The van der Waals surface area contributed by atoms with Crippen LogP contribution in [0, 0.1) is 6.92 Å². The molecule has 0 atom stereocenters. The van der Waals surface area contributed by atoms with Crippen LogP contribution in [-0.4, -0.2) is 27.9 Å². The molecular formula is C16H22N4O2. The molecule has 0 spiro atoms. The minimum Gasteiger partial charge on any atom is -0.392 e. The topological polar surface area (TPSA) is 90.0 Å². The van der Waals surface area contributed by atoms with E-state index in [1.165, 1.54) is 5.56 Å². The summed E-state index contributed by atoms with van der Waals surface area (Å²) in [6, 6.07) is 7.31. The number of hydrogen-bond donors (Lipinski definition) is 4. The van der Waals surface area contributed by atoms with Crippen molar-refractivity contribution in [2.75, 3.05) is 6.54 Å². The van der Waals surface area contributed by atoms with Crippen LogP contribution in [0.4, 0.5) is 4.79 Å². The van der Waals surface area contributed by atoms with E-state index in [9.17, 15) is 9.90 Å². The van der Waals surface area contributed by atoms with Gasteiger partial charge in [0, 0.05) is 18.8 Å². The van der Waals surface area contributed by atoms with Gasteiger partial charge in [0.25, 0.3) is 0 Å². The van der Waals surface area contributed by atoms with E-state index in [4.69, 9.17) is 0 Å². The maximum absolute atomic E-state index is 11.7. The van der Waals surface area contributed by atoms with E-state index in [1.807, 2.05) is 37.4 Å². The molecule has 0 aliphatic rings. The van der Waals surface area contributed by atoms with E-state index >= 15 is 0 Å². The van der Waals surface area contributed by atoms with Crippen LogP contribution in [0.1, 0.15) is 28.8 Å². The molecular weight excluding hydrogens is 280 g/mol. The number of nitrogens with one attached hydrogen (secondary N) is 3. The van der Waals surface area contributed by atoms with Gasteiger partial charge in [0.15, 0.2) is 0 Å². The fourth-order valence-corrected chi connectivity index (χ4v) is 2.23. The molecule has 0 saturated carbocycles. The number of urea groups is 1. The van der Waals surface area contributed by atoms with Crippen molar-refractivity contribution in [2.45, 2.75) is 32.9 Å². The summed E-state index contributed by atoms with van der Waals surface area (Å²) in [6.45, 7) is 2.98. The number of carbonyl (C=O) groups excluding carboxylic acids is 1. The maximum atomic E-state index is 11.7. The van der Waals surface area contributed by atoms with E-state index in [2.05, 4.69) is 20.8 Å². The molecule has 6 nitrogen and oxygen atoms in total. The van der Waals surface area contributed by atoms with E-state index in [0.29, 0.717) is 13.1 Å². The molecule has 0 aliphatic carbocycles. The Morgan fingerprint density at radius 2 is 2.00 bits per heavy atom. The summed E-state index contributed by atoms with van der Waals surface area (Å²) in [7, 11) is 0. The molecule has 0 bridgehead atoms. The highest BCUT2D eigenvalue weighted by atomic mass is 16.3.